The van der Waals surface area contributed by atoms with Gasteiger partial charge < -0.3 is 27.5 Å². The van der Waals surface area contributed by atoms with Crippen LogP contribution in [0.15, 0.2) is 248 Å². The summed E-state index contributed by atoms with van der Waals surface area (Å²) >= 11 is 0. The molecule has 0 unspecified atom stereocenters. The van der Waals surface area contributed by atoms with E-state index < -0.39 is 0 Å². The minimum atomic E-state index is -0.195. The molecule has 0 atom stereocenters. The predicted molar refractivity (Wildman–Crippen MR) is 352 cm³/mol. The Kier molecular flexibility index (Phi) is 10.1. The highest BCUT2D eigenvalue weighted by Crippen LogP contribution is 2.51. The molecular weight excluding hydrogens is 1030 g/mol. The molecule has 0 saturated carbocycles. The van der Waals surface area contributed by atoms with E-state index >= 15 is 0 Å². The molecular formula is C78H56N2O4. The monoisotopic (exact) mass is 1080 g/mol. The van der Waals surface area contributed by atoms with E-state index in [1.54, 1.807) is 0 Å². The molecule has 0 bridgehead atoms. The fraction of sp³-hybridized carbons (Fsp3) is 0.103. The van der Waals surface area contributed by atoms with E-state index in [0.29, 0.717) is 0 Å². The summed E-state index contributed by atoms with van der Waals surface area (Å²) in [6, 6.07) is 83.1. The van der Waals surface area contributed by atoms with E-state index in [4.69, 9.17) is 17.7 Å². The van der Waals surface area contributed by atoms with Crippen LogP contribution < -0.4 is 9.80 Å². The number of fused-ring (bicyclic) bond motifs is 16. The van der Waals surface area contributed by atoms with Gasteiger partial charge >= 0.3 is 0 Å². The van der Waals surface area contributed by atoms with Crippen LogP contribution in [0, 0.1) is 0 Å². The Hall–Kier alpha value is -10.3. The molecule has 13 aromatic carbocycles. The quantitative estimate of drug-likeness (QED) is 0.165. The number of nitrogens with zero attached hydrogens (tertiary/aromatic N) is 2. The number of hydrogen-bond acceptors (Lipinski definition) is 6. The van der Waals surface area contributed by atoms with Crippen molar-refractivity contribution in [1.29, 1.82) is 0 Å². The van der Waals surface area contributed by atoms with Crippen molar-refractivity contribution in [2.75, 3.05) is 9.80 Å². The van der Waals surface area contributed by atoms with E-state index in [-0.39, 0.29) is 10.8 Å². The van der Waals surface area contributed by atoms with Crippen molar-refractivity contribution in [2.24, 2.45) is 0 Å². The van der Waals surface area contributed by atoms with Crippen molar-refractivity contribution < 1.29 is 17.7 Å². The Morgan fingerprint density at radius 2 is 0.619 bits per heavy atom. The largest absolute Gasteiger partial charge is 0.456 e. The number of furan rings is 4. The molecule has 17 aromatic rings. The second-order valence-corrected chi connectivity index (χ2v) is 24.8. The minimum Gasteiger partial charge on any atom is -0.456 e. The Morgan fingerprint density at radius 3 is 1.07 bits per heavy atom. The van der Waals surface area contributed by atoms with Crippen LogP contribution in [-0.2, 0) is 10.8 Å². The predicted octanol–water partition coefficient (Wildman–Crippen LogP) is 23.4. The highest BCUT2D eigenvalue weighted by atomic mass is 16.3. The molecule has 0 fully saturated rings. The Morgan fingerprint density at radius 1 is 0.238 bits per heavy atom. The van der Waals surface area contributed by atoms with E-state index in [9.17, 15) is 0 Å². The van der Waals surface area contributed by atoms with Gasteiger partial charge in [0, 0.05) is 60.5 Å². The zero-order chi connectivity index (χ0) is 56.3. The summed E-state index contributed by atoms with van der Waals surface area (Å²) in [6.45, 7) is 13.9. The fourth-order valence-electron chi connectivity index (χ4n) is 13.9. The van der Waals surface area contributed by atoms with E-state index in [1.807, 2.05) is 12.1 Å². The number of benzene rings is 13. The normalized spacial score (nSPS) is 12.6. The van der Waals surface area contributed by atoms with Crippen molar-refractivity contribution in [2.45, 2.75) is 52.4 Å². The maximum absolute atomic E-state index is 6.85. The Bertz CT molecular complexity index is 5270. The van der Waals surface area contributed by atoms with Gasteiger partial charge in [-0.2, -0.15) is 0 Å². The summed E-state index contributed by atoms with van der Waals surface area (Å²) < 4.78 is 27.3. The third kappa shape index (κ3) is 7.29. The standard InChI is InChI=1S/C78H56N2O4/c1-77(2,3)73-53-19-9-7-17-45(53)31-35-63(73)79(65-25-15-23-57-55-21-11-13-27-67(55)83-75(57)65)51-33-29-47-39-59-61-43-62-60-40-48-30-34-52(38-50(48)42-70(60)82-72(62)44-71(61)81-69(59)41-49(47)37-51)80(64-36-32-46-18-8-10-20-54(46)74(64)78(4,5)6)66-26-16-24-58-56-22-12-14-28-68(56)84-76(58)66/h7-44H,1-6H3. The van der Waals surface area contributed by atoms with E-state index in [2.05, 4.69) is 270 Å². The number of rotatable bonds is 6. The number of hydrogen-bond donors (Lipinski definition) is 0. The van der Waals surface area contributed by atoms with Gasteiger partial charge in [0.25, 0.3) is 0 Å². The van der Waals surface area contributed by atoms with Crippen LogP contribution in [0.25, 0.3) is 131 Å². The van der Waals surface area contributed by atoms with Crippen LogP contribution in [0.5, 0.6) is 0 Å². The van der Waals surface area contributed by atoms with Crippen LogP contribution in [0.2, 0.25) is 0 Å². The zero-order valence-electron chi connectivity index (χ0n) is 47.5. The summed E-state index contributed by atoms with van der Waals surface area (Å²) in [6.07, 6.45) is 0. The smallest absolute Gasteiger partial charge is 0.159 e. The van der Waals surface area contributed by atoms with Gasteiger partial charge in [0.15, 0.2) is 11.2 Å². The zero-order valence-corrected chi connectivity index (χ0v) is 47.5. The van der Waals surface area contributed by atoms with Gasteiger partial charge in [0.2, 0.25) is 0 Å². The van der Waals surface area contributed by atoms with Crippen molar-refractivity contribution in [3.05, 3.63) is 242 Å². The van der Waals surface area contributed by atoms with Crippen molar-refractivity contribution in [1.82, 2.24) is 0 Å². The second-order valence-electron chi connectivity index (χ2n) is 24.8. The van der Waals surface area contributed by atoms with Gasteiger partial charge in [0.05, 0.1) is 22.7 Å². The third-order valence-electron chi connectivity index (χ3n) is 17.5. The van der Waals surface area contributed by atoms with Crippen molar-refractivity contribution in [3.8, 4) is 0 Å². The SMILES string of the molecule is CC(C)(C)c1c(N(c2ccc3cc4c(cc3c2)oc2cc3oc5cc6cc(N(c7ccc8ccccc8c7C(C)(C)C)c7cccc8c7oc7ccccc78)ccc6cc5c3cc24)c2cccc3c2oc2ccccc23)ccc2ccccc12. The number of anilines is 6. The van der Waals surface area contributed by atoms with E-state index in [0.717, 1.165) is 143 Å². The first kappa shape index (κ1) is 48.4. The van der Waals surface area contributed by atoms with Crippen LogP contribution in [0.4, 0.5) is 34.1 Å². The maximum atomic E-state index is 6.85. The molecule has 84 heavy (non-hydrogen) atoms. The highest BCUT2D eigenvalue weighted by Gasteiger charge is 2.31. The number of para-hydroxylation sites is 4. The highest BCUT2D eigenvalue weighted by molar-refractivity contribution is 6.19. The lowest BCUT2D eigenvalue weighted by Gasteiger charge is -2.33. The molecule has 4 heterocycles. The van der Waals surface area contributed by atoms with E-state index in [1.165, 1.54) is 32.7 Å². The molecule has 0 amide bonds. The minimum absolute atomic E-state index is 0.195. The summed E-state index contributed by atoms with van der Waals surface area (Å²) in [5.74, 6) is 0. The summed E-state index contributed by atoms with van der Waals surface area (Å²) in [7, 11) is 0. The lowest BCUT2D eigenvalue weighted by atomic mass is 9.81. The molecule has 0 aliphatic carbocycles. The summed E-state index contributed by atoms with van der Waals surface area (Å²) in [5, 5.41) is 17.9. The molecule has 0 radical (unpaired) electrons. The van der Waals surface area contributed by atoms with Crippen LogP contribution in [-0.4, -0.2) is 0 Å². The maximum Gasteiger partial charge on any atom is 0.159 e. The molecule has 0 aliphatic rings. The molecule has 6 nitrogen and oxygen atoms in total. The molecule has 0 aliphatic heterocycles. The van der Waals surface area contributed by atoms with Gasteiger partial charge in [-0.3, -0.25) is 0 Å². The Balaban J connectivity index is 0.803. The molecule has 0 N–H and O–H groups in total. The van der Waals surface area contributed by atoms with Crippen LogP contribution in [0.3, 0.4) is 0 Å². The third-order valence-corrected chi connectivity index (χ3v) is 17.5. The first-order valence-electron chi connectivity index (χ1n) is 29.0. The molecule has 0 spiro atoms. The summed E-state index contributed by atoms with van der Waals surface area (Å²) in [4.78, 5) is 4.80. The summed E-state index contributed by atoms with van der Waals surface area (Å²) in [5.41, 5.74) is 15.0. The lowest BCUT2D eigenvalue weighted by molar-refractivity contribution is 0.596. The lowest BCUT2D eigenvalue weighted by Crippen LogP contribution is -2.19. The fourth-order valence-corrected chi connectivity index (χ4v) is 13.9. The van der Waals surface area contributed by atoms with Gasteiger partial charge in [-0.25, -0.2) is 0 Å². The molecule has 402 valence electrons. The van der Waals surface area contributed by atoms with Gasteiger partial charge in [0.1, 0.15) is 33.5 Å². The first-order chi connectivity index (χ1) is 40.9. The topological polar surface area (TPSA) is 59.0 Å². The molecule has 0 saturated heterocycles. The average Bonchev–Trinajstić information content (AvgIpc) is 1.83. The molecule has 17 rings (SSSR count). The van der Waals surface area contributed by atoms with Crippen LogP contribution in [0.1, 0.15) is 52.7 Å². The van der Waals surface area contributed by atoms with Crippen LogP contribution >= 0.6 is 0 Å². The molecule has 4 aromatic heterocycles. The van der Waals surface area contributed by atoms with Gasteiger partial charge in [-0.1, -0.05) is 175 Å². The molecule has 6 heteroatoms. The first-order valence-corrected chi connectivity index (χ1v) is 29.0. The van der Waals surface area contributed by atoms with Crippen molar-refractivity contribution in [3.63, 3.8) is 0 Å². The second kappa shape index (κ2) is 17.6. The average molecular weight is 1090 g/mol. The van der Waals surface area contributed by atoms with Crippen molar-refractivity contribution >= 4 is 165 Å². The Labute approximate surface area is 483 Å². The van der Waals surface area contributed by atoms with Gasteiger partial charge in [-0.15, -0.1) is 0 Å². The van der Waals surface area contributed by atoms with Gasteiger partial charge in [-0.05, 0) is 156 Å².